The number of hydrogen-bond donors (Lipinski definition) is 1. The van der Waals surface area contributed by atoms with Crippen molar-refractivity contribution in [2.24, 2.45) is 0 Å². The van der Waals surface area contributed by atoms with Crippen molar-refractivity contribution in [2.45, 2.75) is 32.3 Å². The minimum Gasteiger partial charge on any atom is -0.494 e. The summed E-state index contributed by atoms with van der Waals surface area (Å²) >= 11 is 0. The summed E-state index contributed by atoms with van der Waals surface area (Å²) in [4.78, 5) is 0. The molecular weight excluding hydrogens is 267 g/mol. The fraction of sp³-hybridized carbons (Fsp3) is 0.333. The first-order chi connectivity index (χ1) is 10.0. The molecule has 1 atom stereocenters. The number of hydrogen-bond acceptors (Lipinski definition) is 2. The van der Waals surface area contributed by atoms with Gasteiger partial charge in [-0.2, -0.15) is 0 Å². The Labute approximate surface area is 125 Å². The largest absolute Gasteiger partial charge is 0.494 e. The Balaban J connectivity index is 2.10. The molecule has 2 aromatic carbocycles. The van der Waals surface area contributed by atoms with Gasteiger partial charge in [0.25, 0.3) is 0 Å². The van der Waals surface area contributed by atoms with E-state index >= 15 is 0 Å². The topological polar surface area (TPSA) is 29.5 Å². The summed E-state index contributed by atoms with van der Waals surface area (Å²) in [5.41, 5.74) is 2.82. The maximum Gasteiger partial charge on any atom is 0.165 e. The minimum atomic E-state index is -0.640. The molecule has 2 nitrogen and oxygen atoms in total. The fourth-order valence-electron chi connectivity index (χ4n) is 2.28. The van der Waals surface area contributed by atoms with Gasteiger partial charge in [-0.25, -0.2) is 4.39 Å². The summed E-state index contributed by atoms with van der Waals surface area (Å²) in [6.07, 6.45) is -0.263. The summed E-state index contributed by atoms with van der Waals surface area (Å²) in [5.74, 6) is 0.277. The van der Waals surface area contributed by atoms with E-state index in [4.69, 9.17) is 4.74 Å². The third-order valence-corrected chi connectivity index (χ3v) is 3.63. The lowest BCUT2D eigenvalue weighted by Gasteiger charge is -2.13. The van der Waals surface area contributed by atoms with Gasteiger partial charge in [-0.05, 0) is 34.7 Å². The van der Waals surface area contributed by atoms with Crippen molar-refractivity contribution in [1.82, 2.24) is 0 Å². The Morgan fingerprint density at radius 2 is 1.67 bits per heavy atom. The lowest BCUT2D eigenvalue weighted by Crippen LogP contribution is -2.03. The van der Waals surface area contributed by atoms with Crippen LogP contribution in [0.4, 0.5) is 4.39 Å². The van der Waals surface area contributed by atoms with Crippen LogP contribution in [0.25, 0.3) is 0 Å². The molecule has 0 fully saturated rings. The van der Waals surface area contributed by atoms with Crippen LogP contribution < -0.4 is 4.74 Å². The average molecular weight is 288 g/mol. The second-order valence-corrected chi connectivity index (χ2v) is 5.51. The number of methoxy groups -OCH3 is 1. The summed E-state index contributed by atoms with van der Waals surface area (Å²) in [6.45, 7) is 4.26. The van der Waals surface area contributed by atoms with Gasteiger partial charge in [0.05, 0.1) is 13.2 Å². The van der Waals surface area contributed by atoms with E-state index in [-0.39, 0.29) is 5.75 Å². The molecule has 0 radical (unpaired) electrons. The highest BCUT2D eigenvalue weighted by Gasteiger charge is 2.11. The summed E-state index contributed by atoms with van der Waals surface area (Å²) in [7, 11) is 1.43. The van der Waals surface area contributed by atoms with E-state index in [9.17, 15) is 9.50 Å². The molecule has 1 N–H and O–H groups in total. The molecule has 0 aliphatic carbocycles. The highest BCUT2D eigenvalue weighted by molar-refractivity contribution is 5.31. The zero-order valence-corrected chi connectivity index (χ0v) is 12.6. The zero-order chi connectivity index (χ0) is 15.4. The number of aliphatic hydroxyl groups excluding tert-OH is 1. The Kier molecular flexibility index (Phi) is 4.97. The van der Waals surface area contributed by atoms with Crippen molar-refractivity contribution in [1.29, 1.82) is 0 Å². The predicted molar refractivity (Wildman–Crippen MR) is 82.1 cm³/mol. The number of ether oxygens (including phenoxy) is 1. The van der Waals surface area contributed by atoms with Gasteiger partial charge in [0.15, 0.2) is 11.6 Å². The van der Waals surface area contributed by atoms with Crippen LogP contribution in [0.5, 0.6) is 5.75 Å². The van der Waals surface area contributed by atoms with Crippen LogP contribution in [0.1, 0.15) is 42.6 Å². The number of rotatable bonds is 5. The molecule has 0 heterocycles. The van der Waals surface area contributed by atoms with Crippen molar-refractivity contribution < 1.29 is 14.2 Å². The first kappa shape index (κ1) is 15.5. The first-order valence-electron chi connectivity index (χ1n) is 7.11. The highest BCUT2D eigenvalue weighted by Crippen LogP contribution is 2.24. The van der Waals surface area contributed by atoms with Gasteiger partial charge in [0, 0.05) is 6.42 Å². The van der Waals surface area contributed by atoms with Crippen LogP contribution in [0, 0.1) is 5.82 Å². The third kappa shape index (κ3) is 3.82. The molecule has 0 saturated heterocycles. The van der Waals surface area contributed by atoms with Crippen molar-refractivity contribution in [2.75, 3.05) is 7.11 Å². The number of aliphatic hydroxyl groups is 1. The van der Waals surface area contributed by atoms with E-state index in [1.165, 1.54) is 18.7 Å². The van der Waals surface area contributed by atoms with Crippen LogP contribution in [-0.4, -0.2) is 12.2 Å². The molecule has 0 saturated carbocycles. The molecule has 112 valence electrons. The Morgan fingerprint density at radius 3 is 2.19 bits per heavy atom. The van der Waals surface area contributed by atoms with Crippen LogP contribution in [0.3, 0.4) is 0 Å². The summed E-state index contributed by atoms with van der Waals surface area (Å²) in [6, 6.07) is 12.7. The van der Waals surface area contributed by atoms with Gasteiger partial charge >= 0.3 is 0 Å². The molecule has 2 rings (SSSR count). The van der Waals surface area contributed by atoms with Crippen LogP contribution in [0.15, 0.2) is 42.5 Å². The summed E-state index contributed by atoms with van der Waals surface area (Å²) < 4.78 is 18.5. The predicted octanol–water partition coefficient (Wildman–Crippen LogP) is 4.23. The fourth-order valence-corrected chi connectivity index (χ4v) is 2.28. The lowest BCUT2D eigenvalue weighted by atomic mass is 9.97. The smallest absolute Gasteiger partial charge is 0.165 e. The molecular formula is C18H21FO2. The van der Waals surface area contributed by atoms with Gasteiger partial charge in [-0.3, -0.25) is 0 Å². The van der Waals surface area contributed by atoms with E-state index in [1.54, 1.807) is 12.1 Å². The van der Waals surface area contributed by atoms with Crippen LogP contribution in [-0.2, 0) is 6.42 Å². The normalized spacial score (nSPS) is 12.5. The molecule has 0 spiro atoms. The second-order valence-electron chi connectivity index (χ2n) is 5.51. The van der Waals surface area contributed by atoms with Gasteiger partial charge in [0.1, 0.15) is 0 Å². The van der Waals surface area contributed by atoms with Crippen molar-refractivity contribution in [3.05, 3.63) is 65.0 Å². The molecule has 0 aliphatic rings. The van der Waals surface area contributed by atoms with Crippen molar-refractivity contribution in [3.8, 4) is 5.75 Å². The van der Waals surface area contributed by atoms with Crippen LogP contribution in [0.2, 0.25) is 0 Å². The number of halogens is 1. The van der Waals surface area contributed by atoms with Gasteiger partial charge in [-0.15, -0.1) is 0 Å². The molecule has 1 unspecified atom stereocenters. The Morgan fingerprint density at radius 1 is 1.05 bits per heavy atom. The molecule has 2 aromatic rings. The molecule has 21 heavy (non-hydrogen) atoms. The van der Waals surface area contributed by atoms with Crippen LogP contribution >= 0.6 is 0 Å². The maximum atomic E-state index is 13.6. The standard InChI is InChI=1S/C18H21FO2/c1-12(2)14-5-7-15(8-6-14)17(20)11-13-4-9-18(21-3)16(19)10-13/h4-10,12,17,20H,11H2,1-3H3. The second kappa shape index (κ2) is 6.72. The summed E-state index contributed by atoms with van der Waals surface area (Å²) in [5, 5.41) is 10.3. The Hall–Kier alpha value is -1.87. The number of benzene rings is 2. The molecule has 0 amide bonds. The van der Waals surface area contributed by atoms with Gasteiger partial charge in [-0.1, -0.05) is 44.2 Å². The quantitative estimate of drug-likeness (QED) is 0.892. The molecule has 0 aliphatic heterocycles. The third-order valence-electron chi connectivity index (χ3n) is 3.63. The monoisotopic (exact) mass is 288 g/mol. The van der Waals surface area contributed by atoms with Crippen molar-refractivity contribution in [3.63, 3.8) is 0 Å². The highest BCUT2D eigenvalue weighted by atomic mass is 19.1. The lowest BCUT2D eigenvalue weighted by molar-refractivity contribution is 0.178. The maximum absolute atomic E-state index is 13.6. The van der Waals surface area contributed by atoms with E-state index in [0.29, 0.717) is 12.3 Å². The van der Waals surface area contributed by atoms with E-state index in [2.05, 4.69) is 13.8 Å². The van der Waals surface area contributed by atoms with E-state index in [0.717, 1.165) is 11.1 Å². The van der Waals surface area contributed by atoms with E-state index in [1.807, 2.05) is 24.3 Å². The van der Waals surface area contributed by atoms with Gasteiger partial charge < -0.3 is 9.84 Å². The molecule has 0 aromatic heterocycles. The minimum absolute atomic E-state index is 0.217. The molecule has 3 heteroatoms. The first-order valence-corrected chi connectivity index (χ1v) is 7.11. The van der Waals surface area contributed by atoms with Gasteiger partial charge in [0.2, 0.25) is 0 Å². The van der Waals surface area contributed by atoms with E-state index < -0.39 is 11.9 Å². The zero-order valence-electron chi connectivity index (χ0n) is 12.6. The molecule has 0 bridgehead atoms. The Bertz CT molecular complexity index is 591. The van der Waals surface area contributed by atoms with Crippen molar-refractivity contribution >= 4 is 0 Å². The SMILES string of the molecule is COc1ccc(CC(O)c2ccc(C(C)C)cc2)cc1F. The average Bonchev–Trinajstić information content (AvgIpc) is 2.47.